The molecule has 6 nitrogen and oxygen atoms in total. The van der Waals surface area contributed by atoms with Crippen LogP contribution in [0.4, 0.5) is 10.5 Å². The Hall–Kier alpha value is -2.35. The maximum Gasteiger partial charge on any atom is 0.336 e. The molecule has 2 aromatic carbocycles. The second kappa shape index (κ2) is 8.34. The maximum atomic E-state index is 12.9. The molecule has 144 valence electrons. The number of amides is 4. The molecule has 1 aliphatic rings. The van der Waals surface area contributed by atoms with Crippen molar-refractivity contribution in [2.45, 2.75) is 6.92 Å². The van der Waals surface area contributed by atoms with E-state index in [-0.39, 0.29) is 21.3 Å². The SMILES string of the molecule is CCOc1ccc(/C=C2\C(=O)NC(=O)N(c3cccc(Cl)c3Cl)C2=O)cc1Br. The Labute approximate surface area is 179 Å². The van der Waals surface area contributed by atoms with Crippen molar-refractivity contribution in [3.8, 4) is 5.75 Å². The van der Waals surface area contributed by atoms with Gasteiger partial charge < -0.3 is 4.74 Å². The Morgan fingerprint density at radius 3 is 2.61 bits per heavy atom. The van der Waals surface area contributed by atoms with Gasteiger partial charge in [0, 0.05) is 0 Å². The fourth-order valence-electron chi connectivity index (χ4n) is 2.59. The molecule has 0 aromatic heterocycles. The van der Waals surface area contributed by atoms with Gasteiger partial charge in [-0.2, -0.15) is 0 Å². The molecule has 28 heavy (non-hydrogen) atoms. The number of nitrogens with one attached hydrogen (secondary N) is 1. The van der Waals surface area contributed by atoms with Gasteiger partial charge in [0.05, 0.1) is 26.8 Å². The first-order chi connectivity index (χ1) is 13.3. The number of hydrogen-bond donors (Lipinski definition) is 1. The smallest absolute Gasteiger partial charge is 0.336 e. The summed E-state index contributed by atoms with van der Waals surface area (Å²) in [6, 6.07) is 8.74. The van der Waals surface area contributed by atoms with E-state index in [4.69, 9.17) is 27.9 Å². The number of nitrogens with zero attached hydrogens (tertiary/aromatic N) is 1. The van der Waals surface area contributed by atoms with Crippen molar-refractivity contribution in [2.75, 3.05) is 11.5 Å². The van der Waals surface area contributed by atoms with E-state index in [0.29, 0.717) is 22.4 Å². The third-order valence-corrected chi connectivity index (χ3v) is 5.27. The zero-order valence-electron chi connectivity index (χ0n) is 14.5. The number of anilines is 1. The van der Waals surface area contributed by atoms with Gasteiger partial charge in [-0.3, -0.25) is 14.9 Å². The molecule has 1 fully saturated rings. The van der Waals surface area contributed by atoms with Crippen molar-refractivity contribution >= 4 is 68.7 Å². The van der Waals surface area contributed by atoms with Crippen molar-refractivity contribution in [2.24, 2.45) is 0 Å². The van der Waals surface area contributed by atoms with Crippen LogP contribution in [0.5, 0.6) is 5.75 Å². The summed E-state index contributed by atoms with van der Waals surface area (Å²) in [6.45, 7) is 2.36. The van der Waals surface area contributed by atoms with E-state index in [1.165, 1.54) is 18.2 Å². The maximum absolute atomic E-state index is 12.9. The lowest BCUT2D eigenvalue weighted by molar-refractivity contribution is -0.122. The first-order valence-corrected chi connectivity index (χ1v) is 9.66. The van der Waals surface area contributed by atoms with Crippen molar-refractivity contribution in [3.05, 3.63) is 62.1 Å². The highest BCUT2D eigenvalue weighted by Gasteiger charge is 2.38. The van der Waals surface area contributed by atoms with E-state index in [0.717, 1.165) is 4.90 Å². The average molecular weight is 484 g/mol. The quantitative estimate of drug-likeness (QED) is 0.499. The fraction of sp³-hybridized carbons (Fsp3) is 0.105. The Morgan fingerprint density at radius 2 is 1.93 bits per heavy atom. The number of carbonyl (C=O) groups excluding carboxylic acids is 3. The molecular formula is C19H13BrCl2N2O4. The summed E-state index contributed by atoms with van der Waals surface area (Å²) < 4.78 is 6.11. The summed E-state index contributed by atoms with van der Waals surface area (Å²) >= 11 is 15.5. The highest BCUT2D eigenvalue weighted by atomic mass is 79.9. The Balaban J connectivity index is 2.01. The molecular weight excluding hydrogens is 471 g/mol. The van der Waals surface area contributed by atoms with Gasteiger partial charge in [-0.1, -0.05) is 35.3 Å². The van der Waals surface area contributed by atoms with Crippen LogP contribution in [0.2, 0.25) is 10.0 Å². The van der Waals surface area contributed by atoms with Crippen LogP contribution in [-0.4, -0.2) is 24.5 Å². The lowest BCUT2D eigenvalue weighted by atomic mass is 10.1. The third kappa shape index (κ3) is 3.92. The molecule has 1 heterocycles. The second-order valence-electron chi connectivity index (χ2n) is 5.65. The molecule has 0 unspecified atom stereocenters. The molecule has 0 bridgehead atoms. The number of halogens is 3. The van der Waals surface area contributed by atoms with Crippen molar-refractivity contribution in [1.29, 1.82) is 0 Å². The number of hydrogen-bond acceptors (Lipinski definition) is 4. The molecule has 1 N–H and O–H groups in total. The van der Waals surface area contributed by atoms with Gasteiger partial charge in [0.1, 0.15) is 11.3 Å². The molecule has 1 aliphatic heterocycles. The van der Waals surface area contributed by atoms with E-state index in [2.05, 4.69) is 21.2 Å². The van der Waals surface area contributed by atoms with Crippen molar-refractivity contribution in [1.82, 2.24) is 5.32 Å². The van der Waals surface area contributed by atoms with Gasteiger partial charge in [-0.05, 0) is 58.8 Å². The number of urea groups is 1. The van der Waals surface area contributed by atoms with Gasteiger partial charge >= 0.3 is 6.03 Å². The van der Waals surface area contributed by atoms with Gasteiger partial charge in [0.25, 0.3) is 11.8 Å². The number of rotatable bonds is 4. The first-order valence-electron chi connectivity index (χ1n) is 8.11. The summed E-state index contributed by atoms with van der Waals surface area (Å²) in [5, 5.41) is 2.35. The fourth-order valence-corrected chi connectivity index (χ4v) is 3.48. The molecule has 1 saturated heterocycles. The summed E-state index contributed by atoms with van der Waals surface area (Å²) in [7, 11) is 0. The Kier molecular flexibility index (Phi) is 6.07. The van der Waals surface area contributed by atoms with Crippen LogP contribution in [0, 0.1) is 0 Å². The topological polar surface area (TPSA) is 75.7 Å². The lowest BCUT2D eigenvalue weighted by Gasteiger charge is -2.27. The minimum absolute atomic E-state index is 0.0326. The van der Waals surface area contributed by atoms with Crippen LogP contribution >= 0.6 is 39.1 Å². The summed E-state index contributed by atoms with van der Waals surface area (Å²) in [6.07, 6.45) is 1.38. The van der Waals surface area contributed by atoms with Crippen LogP contribution in [0.3, 0.4) is 0 Å². The van der Waals surface area contributed by atoms with Crippen molar-refractivity contribution < 1.29 is 19.1 Å². The summed E-state index contributed by atoms with van der Waals surface area (Å²) in [5.74, 6) is -0.969. The molecule has 2 aromatic rings. The zero-order valence-corrected chi connectivity index (χ0v) is 17.6. The number of barbiturate groups is 1. The van der Waals surface area contributed by atoms with Gasteiger partial charge in [-0.25, -0.2) is 9.69 Å². The minimum atomic E-state index is -0.899. The standard InChI is InChI=1S/C19H13BrCl2N2O4/c1-2-28-15-7-6-10(9-12(15)20)8-11-17(25)23-19(27)24(18(11)26)14-5-3-4-13(21)16(14)22/h3-9H,2H2,1H3,(H,23,25,27)/b11-8+. The first kappa shape index (κ1) is 20.4. The Bertz CT molecular complexity index is 1020. The third-order valence-electron chi connectivity index (χ3n) is 3.84. The number of carbonyl (C=O) groups is 3. The Morgan fingerprint density at radius 1 is 1.18 bits per heavy atom. The summed E-state index contributed by atoms with van der Waals surface area (Å²) in [4.78, 5) is 38.2. The molecule has 9 heteroatoms. The van der Waals surface area contributed by atoms with E-state index < -0.39 is 17.8 Å². The molecule has 0 atom stereocenters. The van der Waals surface area contributed by atoms with E-state index >= 15 is 0 Å². The molecule has 4 amide bonds. The van der Waals surface area contributed by atoms with Crippen LogP contribution in [0.25, 0.3) is 6.08 Å². The number of ether oxygens (including phenoxy) is 1. The number of benzene rings is 2. The normalized spacial score (nSPS) is 15.8. The van der Waals surface area contributed by atoms with Crippen LogP contribution in [-0.2, 0) is 9.59 Å². The van der Waals surface area contributed by atoms with E-state index in [1.54, 1.807) is 24.3 Å². The van der Waals surface area contributed by atoms with E-state index in [9.17, 15) is 14.4 Å². The number of imide groups is 2. The van der Waals surface area contributed by atoms with Gasteiger partial charge in [-0.15, -0.1) is 0 Å². The van der Waals surface area contributed by atoms with Gasteiger partial charge in [0.15, 0.2) is 0 Å². The van der Waals surface area contributed by atoms with Crippen LogP contribution in [0.15, 0.2) is 46.4 Å². The van der Waals surface area contributed by atoms with E-state index in [1.807, 2.05) is 6.92 Å². The monoisotopic (exact) mass is 482 g/mol. The van der Waals surface area contributed by atoms with Crippen LogP contribution in [0.1, 0.15) is 12.5 Å². The predicted octanol–water partition coefficient (Wildman–Crippen LogP) is 4.82. The molecule has 0 spiro atoms. The average Bonchev–Trinajstić information content (AvgIpc) is 2.64. The summed E-state index contributed by atoms with van der Waals surface area (Å²) in [5.41, 5.74) is 0.440. The highest BCUT2D eigenvalue weighted by molar-refractivity contribution is 9.10. The molecule has 0 saturated carbocycles. The minimum Gasteiger partial charge on any atom is -0.493 e. The largest absolute Gasteiger partial charge is 0.493 e. The van der Waals surface area contributed by atoms with Gasteiger partial charge in [0.2, 0.25) is 0 Å². The van der Waals surface area contributed by atoms with Crippen molar-refractivity contribution in [3.63, 3.8) is 0 Å². The molecule has 0 aliphatic carbocycles. The predicted molar refractivity (Wildman–Crippen MR) is 111 cm³/mol. The highest BCUT2D eigenvalue weighted by Crippen LogP contribution is 2.34. The molecule has 0 radical (unpaired) electrons. The second-order valence-corrected chi connectivity index (χ2v) is 7.29. The van der Waals surface area contributed by atoms with Crippen LogP contribution < -0.4 is 15.0 Å². The lowest BCUT2D eigenvalue weighted by Crippen LogP contribution is -2.54. The zero-order chi connectivity index (χ0) is 20.4. The molecule has 3 rings (SSSR count).